The average molecular weight is 271 g/mol. The molecular weight excluding hydrogens is 258 g/mol. The third-order valence-electron chi connectivity index (χ3n) is 3.54. The first kappa shape index (κ1) is 11.9. The van der Waals surface area contributed by atoms with Crippen LogP contribution in [0.2, 0.25) is 0 Å². The number of hydrogen-bond donors (Lipinski definition) is 1. The third-order valence-corrected chi connectivity index (χ3v) is 3.54. The van der Waals surface area contributed by atoms with Gasteiger partial charge < -0.3 is 5.32 Å². The number of hydrogen-bond acceptors (Lipinski definition) is 3. The average Bonchev–Trinajstić information content (AvgIpc) is 2.74. The Bertz CT molecular complexity index is 915. The van der Waals surface area contributed by atoms with Crippen molar-refractivity contribution in [2.45, 2.75) is 0 Å². The summed E-state index contributed by atoms with van der Waals surface area (Å²) in [4.78, 5) is 9.15. The molecule has 0 saturated carbocycles. The van der Waals surface area contributed by atoms with Crippen molar-refractivity contribution in [1.29, 1.82) is 0 Å². The van der Waals surface area contributed by atoms with Crippen LogP contribution in [-0.4, -0.2) is 4.98 Å². The highest BCUT2D eigenvalue weighted by Crippen LogP contribution is 2.22. The molecule has 2 aromatic carbocycles. The first-order valence-corrected chi connectivity index (χ1v) is 6.87. The lowest BCUT2D eigenvalue weighted by Gasteiger charge is -2.02. The molecule has 2 heterocycles. The quantitative estimate of drug-likeness (QED) is 0.739. The molecule has 0 unspecified atom stereocenters. The smallest absolute Gasteiger partial charge is 0.155 e. The van der Waals surface area contributed by atoms with Crippen molar-refractivity contribution in [3.63, 3.8) is 0 Å². The Hall–Kier alpha value is -2.94. The molecule has 100 valence electrons. The lowest BCUT2D eigenvalue weighted by molar-refractivity contribution is 1.27. The van der Waals surface area contributed by atoms with Crippen LogP contribution < -0.4 is 15.9 Å². The molecule has 0 atom stereocenters. The summed E-state index contributed by atoms with van der Waals surface area (Å²) >= 11 is 0. The zero-order chi connectivity index (χ0) is 14.1. The van der Waals surface area contributed by atoms with Gasteiger partial charge in [-0.3, -0.25) is 0 Å². The molecule has 0 aliphatic carbocycles. The highest BCUT2D eigenvalue weighted by atomic mass is 15.0. The second-order valence-corrected chi connectivity index (χ2v) is 4.88. The van der Waals surface area contributed by atoms with Crippen LogP contribution in [0, 0.1) is 0 Å². The summed E-state index contributed by atoms with van der Waals surface area (Å²) in [6.45, 7) is 0. The molecule has 21 heavy (non-hydrogen) atoms. The minimum Gasteiger partial charge on any atom is -0.344 e. The summed E-state index contributed by atoms with van der Waals surface area (Å²) < 4.78 is 0. The van der Waals surface area contributed by atoms with Crippen molar-refractivity contribution in [3.05, 3.63) is 77.4 Å². The van der Waals surface area contributed by atoms with E-state index in [0.717, 1.165) is 27.6 Å². The van der Waals surface area contributed by atoms with Gasteiger partial charge in [-0.15, -0.1) is 0 Å². The highest BCUT2D eigenvalue weighted by molar-refractivity contribution is 5.70. The van der Waals surface area contributed by atoms with Gasteiger partial charge in [-0.25, -0.2) is 9.98 Å². The lowest BCUT2D eigenvalue weighted by atomic mass is 10.0. The Labute approximate surface area is 122 Å². The van der Waals surface area contributed by atoms with Crippen molar-refractivity contribution in [1.82, 2.24) is 4.98 Å². The Balaban J connectivity index is 2.06. The number of nitrogens with one attached hydrogen (secondary N) is 1. The number of fused-ring (bicyclic) bond motifs is 2. The molecule has 0 amide bonds. The third kappa shape index (κ3) is 2.09. The normalized spacial score (nSPS) is 12.0. The number of anilines is 1. The van der Waals surface area contributed by atoms with E-state index in [4.69, 9.17) is 4.99 Å². The van der Waals surface area contributed by atoms with Crippen LogP contribution >= 0.6 is 0 Å². The molecule has 1 aliphatic rings. The SMILES string of the molecule is C1=c2cccc(-c3ccccc3)c2=Nc2cccnc2N1. The van der Waals surface area contributed by atoms with Gasteiger partial charge in [0, 0.05) is 23.2 Å². The van der Waals surface area contributed by atoms with E-state index in [0.29, 0.717) is 0 Å². The largest absolute Gasteiger partial charge is 0.344 e. The van der Waals surface area contributed by atoms with E-state index in [9.17, 15) is 0 Å². The molecule has 0 fully saturated rings. The predicted molar refractivity (Wildman–Crippen MR) is 84.6 cm³/mol. The van der Waals surface area contributed by atoms with E-state index in [-0.39, 0.29) is 0 Å². The molecule has 3 nitrogen and oxygen atoms in total. The molecule has 0 spiro atoms. The second kappa shape index (κ2) is 4.87. The minimum absolute atomic E-state index is 0.785. The molecule has 1 aromatic heterocycles. The van der Waals surface area contributed by atoms with Crippen molar-refractivity contribution >= 4 is 17.7 Å². The van der Waals surface area contributed by atoms with E-state index >= 15 is 0 Å². The summed E-state index contributed by atoms with van der Waals surface area (Å²) in [7, 11) is 0. The Morgan fingerprint density at radius 3 is 2.62 bits per heavy atom. The minimum atomic E-state index is 0.785. The van der Waals surface area contributed by atoms with E-state index in [1.165, 1.54) is 5.56 Å². The van der Waals surface area contributed by atoms with Crippen molar-refractivity contribution < 1.29 is 0 Å². The molecule has 3 aromatic rings. The number of benzene rings is 2. The van der Waals surface area contributed by atoms with E-state index in [1.807, 2.05) is 36.5 Å². The highest BCUT2D eigenvalue weighted by Gasteiger charge is 2.07. The maximum Gasteiger partial charge on any atom is 0.155 e. The van der Waals surface area contributed by atoms with Crippen molar-refractivity contribution in [2.24, 2.45) is 4.99 Å². The Kier molecular flexibility index (Phi) is 2.75. The van der Waals surface area contributed by atoms with Gasteiger partial charge in [0.05, 0.1) is 5.36 Å². The lowest BCUT2D eigenvalue weighted by Crippen LogP contribution is -2.26. The number of nitrogens with zero attached hydrogens (tertiary/aromatic N) is 2. The maximum atomic E-state index is 4.82. The molecule has 1 N–H and O–H groups in total. The first-order chi connectivity index (χ1) is 10.4. The fourth-order valence-electron chi connectivity index (χ4n) is 2.52. The van der Waals surface area contributed by atoms with Crippen LogP contribution in [0.3, 0.4) is 0 Å². The number of rotatable bonds is 1. The van der Waals surface area contributed by atoms with Crippen LogP contribution in [0.5, 0.6) is 0 Å². The summed E-state index contributed by atoms with van der Waals surface area (Å²) in [5.74, 6) is 0.785. The Morgan fingerprint density at radius 1 is 0.810 bits per heavy atom. The van der Waals surface area contributed by atoms with E-state index in [1.54, 1.807) is 6.20 Å². The fourth-order valence-corrected chi connectivity index (χ4v) is 2.52. The summed E-state index contributed by atoms with van der Waals surface area (Å²) in [5.41, 5.74) is 3.15. The zero-order valence-corrected chi connectivity index (χ0v) is 11.3. The summed E-state index contributed by atoms with van der Waals surface area (Å²) in [5, 5.41) is 5.27. The molecule has 0 bridgehead atoms. The standard InChI is InChI=1S/C18H13N3/c1-2-6-13(7-3-1)15-9-4-8-14-12-20-18-16(21-17(14)15)10-5-11-19-18/h1-12H,(H,19,20). The van der Waals surface area contributed by atoms with Gasteiger partial charge in [-0.05, 0) is 17.7 Å². The van der Waals surface area contributed by atoms with Crippen LogP contribution in [0.1, 0.15) is 0 Å². The molecular formula is C18H13N3. The molecule has 1 aliphatic heterocycles. The van der Waals surface area contributed by atoms with Crippen molar-refractivity contribution in [2.75, 3.05) is 5.32 Å². The van der Waals surface area contributed by atoms with Crippen LogP contribution in [0.15, 0.2) is 71.9 Å². The van der Waals surface area contributed by atoms with Gasteiger partial charge in [0.1, 0.15) is 5.69 Å². The first-order valence-electron chi connectivity index (χ1n) is 6.87. The summed E-state index contributed by atoms with van der Waals surface area (Å²) in [6, 6.07) is 20.4. The zero-order valence-electron chi connectivity index (χ0n) is 11.3. The monoisotopic (exact) mass is 271 g/mol. The number of para-hydroxylation sites is 1. The molecule has 4 rings (SSSR count). The van der Waals surface area contributed by atoms with Gasteiger partial charge in [0.2, 0.25) is 0 Å². The second-order valence-electron chi connectivity index (χ2n) is 4.88. The van der Waals surface area contributed by atoms with Crippen LogP contribution in [0.25, 0.3) is 17.3 Å². The van der Waals surface area contributed by atoms with Gasteiger partial charge in [-0.1, -0.05) is 48.5 Å². The van der Waals surface area contributed by atoms with Crippen molar-refractivity contribution in [3.8, 4) is 11.1 Å². The number of pyridine rings is 1. The Morgan fingerprint density at radius 2 is 1.71 bits per heavy atom. The maximum absolute atomic E-state index is 4.82. The topological polar surface area (TPSA) is 37.3 Å². The predicted octanol–water partition coefficient (Wildman–Crippen LogP) is 2.86. The van der Waals surface area contributed by atoms with E-state index < -0.39 is 0 Å². The number of aromatic nitrogens is 1. The van der Waals surface area contributed by atoms with Gasteiger partial charge >= 0.3 is 0 Å². The summed E-state index contributed by atoms with van der Waals surface area (Å²) in [6.07, 6.45) is 3.73. The van der Waals surface area contributed by atoms with Gasteiger partial charge in [0.25, 0.3) is 0 Å². The van der Waals surface area contributed by atoms with Gasteiger partial charge in [-0.2, -0.15) is 0 Å². The fraction of sp³-hybridized carbons (Fsp3) is 0. The molecule has 0 radical (unpaired) electrons. The van der Waals surface area contributed by atoms with Crippen LogP contribution in [0.4, 0.5) is 11.5 Å². The van der Waals surface area contributed by atoms with Crippen LogP contribution in [-0.2, 0) is 0 Å². The van der Waals surface area contributed by atoms with E-state index in [2.05, 4.69) is 40.6 Å². The molecule has 3 heteroatoms. The molecule has 0 saturated heterocycles. The van der Waals surface area contributed by atoms with Gasteiger partial charge in [0.15, 0.2) is 5.82 Å².